The average Bonchev–Trinajstić information content (AvgIpc) is 3.16. The first kappa shape index (κ1) is 15.5. The van der Waals surface area contributed by atoms with E-state index in [1.807, 2.05) is 6.92 Å². The Labute approximate surface area is 134 Å². The molecule has 0 fully saturated rings. The molecule has 0 unspecified atom stereocenters. The zero-order valence-corrected chi connectivity index (χ0v) is 14.2. The smallest absolute Gasteiger partial charge is 0.241 e. The maximum absolute atomic E-state index is 12.7. The molecular formula is C19H28N2O. The van der Waals surface area contributed by atoms with Crippen molar-refractivity contribution in [3.8, 4) is 0 Å². The van der Waals surface area contributed by atoms with Crippen molar-refractivity contribution in [2.75, 3.05) is 18.4 Å². The standard InChI is InChI=1S/C19H28N2O/c1-4-21(5-2)13(3)19(22)20-18-16-10-6-8-14(16)12-15-9-7-11-17(15)18/h12-13H,4-11H2,1-3H3,(H,20,22)/t13-/m1/s1. The van der Waals surface area contributed by atoms with Crippen molar-refractivity contribution in [1.29, 1.82) is 0 Å². The highest BCUT2D eigenvalue weighted by Crippen LogP contribution is 2.38. The van der Waals surface area contributed by atoms with Gasteiger partial charge in [-0.2, -0.15) is 0 Å². The molecule has 0 aliphatic heterocycles. The Morgan fingerprint density at radius 2 is 1.64 bits per heavy atom. The van der Waals surface area contributed by atoms with Gasteiger partial charge in [-0.05, 0) is 80.8 Å². The van der Waals surface area contributed by atoms with Crippen LogP contribution in [0.3, 0.4) is 0 Å². The molecule has 2 aliphatic rings. The maximum atomic E-state index is 12.7. The number of amides is 1. The Bertz CT molecular complexity index is 543. The van der Waals surface area contributed by atoms with Crippen LogP contribution in [0.25, 0.3) is 0 Å². The summed E-state index contributed by atoms with van der Waals surface area (Å²) in [6.07, 6.45) is 7.06. The SMILES string of the molecule is CCN(CC)[C@H](C)C(=O)Nc1c2c(cc3c1CCC3)CCC2. The van der Waals surface area contributed by atoms with E-state index in [4.69, 9.17) is 0 Å². The molecule has 3 rings (SSSR count). The molecule has 22 heavy (non-hydrogen) atoms. The van der Waals surface area contributed by atoms with Crippen molar-refractivity contribution >= 4 is 11.6 Å². The third kappa shape index (κ3) is 2.67. The Hall–Kier alpha value is -1.35. The van der Waals surface area contributed by atoms with Gasteiger partial charge in [-0.15, -0.1) is 0 Å². The molecular weight excluding hydrogens is 272 g/mol. The fraction of sp³-hybridized carbons (Fsp3) is 0.632. The molecule has 3 nitrogen and oxygen atoms in total. The largest absolute Gasteiger partial charge is 0.324 e. The second-order valence-electron chi connectivity index (χ2n) is 6.62. The number of fused-ring (bicyclic) bond motifs is 2. The van der Waals surface area contributed by atoms with E-state index < -0.39 is 0 Å². The number of hydrogen-bond donors (Lipinski definition) is 1. The molecule has 0 bridgehead atoms. The number of benzene rings is 1. The fourth-order valence-electron chi connectivity index (χ4n) is 4.13. The van der Waals surface area contributed by atoms with Crippen molar-refractivity contribution in [3.63, 3.8) is 0 Å². The number of likely N-dealkylation sites (N-methyl/N-ethyl adjacent to an activating group) is 1. The van der Waals surface area contributed by atoms with Crippen LogP contribution in [0.5, 0.6) is 0 Å². The van der Waals surface area contributed by atoms with E-state index in [0.717, 1.165) is 25.9 Å². The fourth-order valence-corrected chi connectivity index (χ4v) is 4.13. The monoisotopic (exact) mass is 300 g/mol. The first-order chi connectivity index (χ1) is 10.7. The molecule has 1 atom stereocenters. The van der Waals surface area contributed by atoms with Crippen LogP contribution >= 0.6 is 0 Å². The summed E-state index contributed by atoms with van der Waals surface area (Å²) in [4.78, 5) is 14.9. The number of nitrogens with zero attached hydrogens (tertiary/aromatic N) is 1. The normalized spacial score (nSPS) is 17.5. The van der Waals surface area contributed by atoms with Gasteiger partial charge in [0.05, 0.1) is 6.04 Å². The van der Waals surface area contributed by atoms with Crippen LogP contribution in [-0.2, 0) is 30.5 Å². The summed E-state index contributed by atoms with van der Waals surface area (Å²) in [7, 11) is 0. The van der Waals surface area contributed by atoms with Crippen LogP contribution in [0.1, 0.15) is 55.9 Å². The Balaban J connectivity index is 1.88. The van der Waals surface area contributed by atoms with E-state index in [9.17, 15) is 4.79 Å². The van der Waals surface area contributed by atoms with Gasteiger partial charge in [0, 0.05) is 5.69 Å². The predicted octanol–water partition coefficient (Wildman–Crippen LogP) is 3.33. The average molecular weight is 300 g/mol. The van der Waals surface area contributed by atoms with E-state index in [1.54, 1.807) is 0 Å². The Kier molecular flexibility index (Phi) is 4.53. The molecule has 3 heteroatoms. The zero-order chi connectivity index (χ0) is 15.7. The van der Waals surface area contributed by atoms with Gasteiger partial charge in [-0.1, -0.05) is 19.9 Å². The molecule has 0 radical (unpaired) electrons. The van der Waals surface area contributed by atoms with Gasteiger partial charge in [-0.3, -0.25) is 9.69 Å². The lowest BCUT2D eigenvalue weighted by molar-refractivity contribution is -0.120. The highest BCUT2D eigenvalue weighted by atomic mass is 16.2. The predicted molar refractivity (Wildman–Crippen MR) is 91.5 cm³/mol. The molecule has 120 valence electrons. The molecule has 0 saturated carbocycles. The van der Waals surface area contributed by atoms with Gasteiger partial charge in [0.25, 0.3) is 0 Å². The molecule has 0 heterocycles. The first-order valence-corrected chi connectivity index (χ1v) is 8.87. The van der Waals surface area contributed by atoms with Gasteiger partial charge in [0.15, 0.2) is 0 Å². The van der Waals surface area contributed by atoms with Crippen LogP contribution in [-0.4, -0.2) is 29.9 Å². The number of nitrogens with one attached hydrogen (secondary N) is 1. The van der Waals surface area contributed by atoms with Crippen molar-refractivity contribution in [2.24, 2.45) is 0 Å². The van der Waals surface area contributed by atoms with Gasteiger partial charge in [0.1, 0.15) is 0 Å². The van der Waals surface area contributed by atoms with Crippen molar-refractivity contribution in [2.45, 2.75) is 65.3 Å². The molecule has 0 saturated heterocycles. The molecule has 1 amide bonds. The number of aryl methyl sites for hydroxylation is 2. The first-order valence-electron chi connectivity index (χ1n) is 8.87. The molecule has 2 aliphatic carbocycles. The summed E-state index contributed by atoms with van der Waals surface area (Å²) >= 11 is 0. The Morgan fingerprint density at radius 1 is 1.09 bits per heavy atom. The number of hydrogen-bond acceptors (Lipinski definition) is 2. The third-order valence-corrected chi connectivity index (χ3v) is 5.46. The molecule has 1 aromatic carbocycles. The van der Waals surface area contributed by atoms with E-state index >= 15 is 0 Å². The lowest BCUT2D eigenvalue weighted by Crippen LogP contribution is -2.42. The van der Waals surface area contributed by atoms with Gasteiger partial charge < -0.3 is 5.32 Å². The second kappa shape index (κ2) is 6.41. The van der Waals surface area contributed by atoms with Crippen LogP contribution in [0, 0.1) is 0 Å². The molecule has 1 N–H and O–H groups in total. The number of carbonyl (C=O) groups is 1. The molecule has 1 aromatic rings. The van der Waals surface area contributed by atoms with Crippen LogP contribution in [0.15, 0.2) is 6.07 Å². The van der Waals surface area contributed by atoms with Crippen LogP contribution in [0.2, 0.25) is 0 Å². The summed E-state index contributed by atoms with van der Waals surface area (Å²) in [6.45, 7) is 8.08. The summed E-state index contributed by atoms with van der Waals surface area (Å²) in [5.41, 5.74) is 6.96. The zero-order valence-electron chi connectivity index (χ0n) is 14.2. The highest BCUT2D eigenvalue weighted by Gasteiger charge is 2.27. The maximum Gasteiger partial charge on any atom is 0.241 e. The van der Waals surface area contributed by atoms with E-state index in [0.29, 0.717) is 0 Å². The van der Waals surface area contributed by atoms with Crippen molar-refractivity contribution < 1.29 is 4.79 Å². The Morgan fingerprint density at radius 3 is 2.14 bits per heavy atom. The van der Waals surface area contributed by atoms with Crippen LogP contribution in [0.4, 0.5) is 5.69 Å². The lowest BCUT2D eigenvalue weighted by atomic mass is 9.98. The quantitative estimate of drug-likeness (QED) is 0.904. The summed E-state index contributed by atoms with van der Waals surface area (Å²) in [5, 5.41) is 3.31. The van der Waals surface area contributed by atoms with Crippen molar-refractivity contribution in [3.05, 3.63) is 28.3 Å². The molecule has 0 spiro atoms. The summed E-state index contributed by atoms with van der Waals surface area (Å²) in [5.74, 6) is 0.151. The third-order valence-electron chi connectivity index (χ3n) is 5.46. The number of carbonyl (C=O) groups excluding carboxylic acids is 1. The highest BCUT2D eigenvalue weighted by molar-refractivity contribution is 5.96. The molecule has 0 aromatic heterocycles. The van der Waals surface area contributed by atoms with E-state index in [-0.39, 0.29) is 11.9 Å². The van der Waals surface area contributed by atoms with E-state index in [2.05, 4.69) is 30.1 Å². The van der Waals surface area contributed by atoms with Crippen LogP contribution < -0.4 is 5.32 Å². The lowest BCUT2D eigenvalue weighted by Gasteiger charge is -2.26. The minimum atomic E-state index is -0.0655. The number of rotatable bonds is 5. The second-order valence-corrected chi connectivity index (χ2v) is 6.62. The van der Waals surface area contributed by atoms with E-state index in [1.165, 1.54) is 53.6 Å². The minimum absolute atomic E-state index is 0.0655. The van der Waals surface area contributed by atoms with Gasteiger partial charge in [-0.25, -0.2) is 0 Å². The topological polar surface area (TPSA) is 32.3 Å². The summed E-state index contributed by atoms with van der Waals surface area (Å²) in [6, 6.07) is 2.35. The van der Waals surface area contributed by atoms with Gasteiger partial charge in [0.2, 0.25) is 5.91 Å². The minimum Gasteiger partial charge on any atom is -0.324 e. The van der Waals surface area contributed by atoms with Gasteiger partial charge >= 0.3 is 0 Å². The van der Waals surface area contributed by atoms with Crippen molar-refractivity contribution in [1.82, 2.24) is 4.90 Å². The number of anilines is 1. The summed E-state index contributed by atoms with van der Waals surface area (Å²) < 4.78 is 0.